The predicted octanol–water partition coefficient (Wildman–Crippen LogP) is 3.16. The van der Waals surface area contributed by atoms with E-state index < -0.39 is 0 Å². The van der Waals surface area contributed by atoms with Crippen molar-refractivity contribution in [3.05, 3.63) is 23.9 Å². The van der Waals surface area contributed by atoms with Crippen molar-refractivity contribution in [1.82, 2.24) is 4.98 Å². The number of aldehydes is 1. The van der Waals surface area contributed by atoms with Gasteiger partial charge in [0.1, 0.15) is 5.82 Å². The fourth-order valence-corrected chi connectivity index (χ4v) is 2.72. The SMILES string of the molecule is CC(C)(C)C1CCN(c2ncccc2C=O)CC1. The van der Waals surface area contributed by atoms with Gasteiger partial charge in [0.25, 0.3) is 0 Å². The molecule has 18 heavy (non-hydrogen) atoms. The highest BCUT2D eigenvalue weighted by atomic mass is 16.1. The van der Waals surface area contributed by atoms with E-state index in [4.69, 9.17) is 0 Å². The zero-order valence-corrected chi connectivity index (χ0v) is 11.5. The molecule has 0 bridgehead atoms. The van der Waals surface area contributed by atoms with Crippen LogP contribution in [-0.4, -0.2) is 24.4 Å². The Morgan fingerprint density at radius 3 is 2.56 bits per heavy atom. The summed E-state index contributed by atoms with van der Waals surface area (Å²) in [5, 5.41) is 0. The lowest BCUT2D eigenvalue weighted by molar-refractivity contribution is 0.112. The van der Waals surface area contributed by atoms with Crippen molar-refractivity contribution < 1.29 is 4.79 Å². The Labute approximate surface area is 109 Å². The number of carbonyl (C=O) groups is 1. The van der Waals surface area contributed by atoms with E-state index in [1.54, 1.807) is 6.20 Å². The molecule has 0 saturated carbocycles. The van der Waals surface area contributed by atoms with Crippen molar-refractivity contribution in [3.63, 3.8) is 0 Å². The summed E-state index contributed by atoms with van der Waals surface area (Å²) < 4.78 is 0. The fourth-order valence-electron chi connectivity index (χ4n) is 2.72. The highest BCUT2D eigenvalue weighted by molar-refractivity contribution is 5.82. The van der Waals surface area contributed by atoms with Crippen molar-refractivity contribution in [1.29, 1.82) is 0 Å². The summed E-state index contributed by atoms with van der Waals surface area (Å²) in [5.74, 6) is 1.61. The second-order valence-electron chi connectivity index (χ2n) is 6.16. The van der Waals surface area contributed by atoms with Crippen LogP contribution in [0.4, 0.5) is 5.82 Å². The first-order valence-electron chi connectivity index (χ1n) is 6.67. The maximum Gasteiger partial charge on any atom is 0.153 e. The molecule has 0 aromatic carbocycles. The maximum atomic E-state index is 11.0. The second-order valence-corrected chi connectivity index (χ2v) is 6.16. The minimum absolute atomic E-state index is 0.379. The van der Waals surface area contributed by atoms with Gasteiger partial charge in [-0.05, 0) is 36.3 Å². The van der Waals surface area contributed by atoms with E-state index in [-0.39, 0.29) is 0 Å². The van der Waals surface area contributed by atoms with Crippen LogP contribution < -0.4 is 4.90 Å². The Bertz CT molecular complexity index is 415. The highest BCUT2D eigenvalue weighted by Gasteiger charge is 2.29. The van der Waals surface area contributed by atoms with Gasteiger partial charge >= 0.3 is 0 Å². The van der Waals surface area contributed by atoms with Crippen LogP contribution in [0.25, 0.3) is 0 Å². The van der Waals surface area contributed by atoms with Crippen molar-refractivity contribution in [3.8, 4) is 0 Å². The molecule has 98 valence electrons. The largest absolute Gasteiger partial charge is 0.356 e. The molecule has 1 aromatic heterocycles. The molecule has 2 heterocycles. The predicted molar refractivity (Wildman–Crippen MR) is 74.0 cm³/mol. The van der Waals surface area contributed by atoms with Crippen molar-refractivity contribution >= 4 is 12.1 Å². The van der Waals surface area contributed by atoms with E-state index in [1.165, 1.54) is 12.8 Å². The third kappa shape index (κ3) is 2.71. The number of piperidine rings is 1. The molecule has 1 saturated heterocycles. The zero-order chi connectivity index (χ0) is 13.2. The van der Waals surface area contributed by atoms with Gasteiger partial charge in [-0.1, -0.05) is 20.8 Å². The monoisotopic (exact) mass is 246 g/mol. The van der Waals surface area contributed by atoms with E-state index in [0.717, 1.165) is 31.1 Å². The molecule has 3 heteroatoms. The van der Waals surface area contributed by atoms with Crippen LogP contribution in [-0.2, 0) is 0 Å². The molecule has 2 rings (SSSR count). The number of hydrogen-bond acceptors (Lipinski definition) is 3. The number of nitrogens with zero attached hydrogens (tertiary/aromatic N) is 2. The van der Waals surface area contributed by atoms with E-state index in [0.29, 0.717) is 11.0 Å². The van der Waals surface area contributed by atoms with Crippen molar-refractivity contribution in [2.24, 2.45) is 11.3 Å². The molecule has 0 atom stereocenters. The number of carbonyl (C=O) groups excluding carboxylic acids is 1. The van der Waals surface area contributed by atoms with Gasteiger partial charge in [0.2, 0.25) is 0 Å². The molecule has 1 aromatic rings. The Morgan fingerprint density at radius 1 is 1.33 bits per heavy atom. The standard InChI is InChI=1S/C15H22N2O/c1-15(2,3)13-6-9-17(10-7-13)14-12(11-18)5-4-8-16-14/h4-5,8,11,13H,6-7,9-10H2,1-3H3. The van der Waals surface area contributed by atoms with Gasteiger partial charge < -0.3 is 4.90 Å². The summed E-state index contributed by atoms with van der Waals surface area (Å²) in [6.45, 7) is 8.93. The molecule has 0 N–H and O–H groups in total. The van der Waals surface area contributed by atoms with Gasteiger partial charge in [-0.15, -0.1) is 0 Å². The lowest BCUT2D eigenvalue weighted by atomic mass is 9.75. The van der Waals surface area contributed by atoms with Gasteiger partial charge in [-0.25, -0.2) is 4.98 Å². The quantitative estimate of drug-likeness (QED) is 0.752. The van der Waals surface area contributed by atoms with Crippen molar-refractivity contribution in [2.75, 3.05) is 18.0 Å². The summed E-state index contributed by atoms with van der Waals surface area (Å²) in [6, 6.07) is 3.65. The van der Waals surface area contributed by atoms with E-state index in [2.05, 4.69) is 30.7 Å². The van der Waals surface area contributed by atoms with Crippen LogP contribution in [0.1, 0.15) is 44.0 Å². The van der Waals surface area contributed by atoms with Crippen LogP contribution in [0.2, 0.25) is 0 Å². The molecule has 0 aliphatic carbocycles. The number of rotatable bonds is 2. The minimum Gasteiger partial charge on any atom is -0.356 e. The first kappa shape index (κ1) is 13.1. The van der Waals surface area contributed by atoms with Crippen LogP contribution in [0.5, 0.6) is 0 Å². The fraction of sp³-hybridized carbons (Fsp3) is 0.600. The lowest BCUT2D eigenvalue weighted by Crippen LogP contribution is -2.38. The second kappa shape index (κ2) is 5.09. The number of anilines is 1. The Balaban J connectivity index is 2.08. The average Bonchev–Trinajstić information content (AvgIpc) is 2.38. The van der Waals surface area contributed by atoms with E-state index in [1.807, 2.05) is 12.1 Å². The maximum absolute atomic E-state index is 11.0. The summed E-state index contributed by atoms with van der Waals surface area (Å²) in [5.41, 5.74) is 1.08. The van der Waals surface area contributed by atoms with E-state index in [9.17, 15) is 4.79 Å². The third-order valence-electron chi connectivity index (χ3n) is 3.96. The number of aromatic nitrogens is 1. The lowest BCUT2D eigenvalue weighted by Gasteiger charge is -2.39. The molecule has 0 radical (unpaired) electrons. The van der Waals surface area contributed by atoms with Crippen LogP contribution in [0.15, 0.2) is 18.3 Å². The average molecular weight is 246 g/mol. The molecule has 1 fully saturated rings. The molecular formula is C15H22N2O. The molecule has 1 aliphatic rings. The number of hydrogen-bond donors (Lipinski definition) is 0. The van der Waals surface area contributed by atoms with Crippen LogP contribution in [0.3, 0.4) is 0 Å². The first-order valence-corrected chi connectivity index (χ1v) is 6.67. The summed E-state index contributed by atoms with van der Waals surface area (Å²) >= 11 is 0. The van der Waals surface area contributed by atoms with Crippen molar-refractivity contribution in [2.45, 2.75) is 33.6 Å². The number of pyridine rings is 1. The molecule has 1 aliphatic heterocycles. The van der Waals surface area contributed by atoms with Gasteiger partial charge in [0.05, 0.1) is 5.56 Å². The molecular weight excluding hydrogens is 224 g/mol. The van der Waals surface area contributed by atoms with E-state index >= 15 is 0 Å². The Morgan fingerprint density at radius 2 is 2.00 bits per heavy atom. The Kier molecular flexibility index (Phi) is 3.69. The van der Waals surface area contributed by atoms with Gasteiger partial charge in [0, 0.05) is 19.3 Å². The normalized spacial score (nSPS) is 17.8. The smallest absolute Gasteiger partial charge is 0.153 e. The topological polar surface area (TPSA) is 33.2 Å². The molecule has 0 unspecified atom stereocenters. The van der Waals surface area contributed by atoms with Gasteiger partial charge in [-0.2, -0.15) is 0 Å². The summed E-state index contributed by atoms with van der Waals surface area (Å²) in [7, 11) is 0. The first-order chi connectivity index (χ1) is 8.52. The van der Waals surface area contributed by atoms with Gasteiger partial charge in [-0.3, -0.25) is 4.79 Å². The molecule has 0 amide bonds. The summed E-state index contributed by atoms with van der Waals surface area (Å²) in [6.07, 6.45) is 5.02. The highest BCUT2D eigenvalue weighted by Crippen LogP contribution is 2.35. The third-order valence-corrected chi connectivity index (χ3v) is 3.96. The molecule has 3 nitrogen and oxygen atoms in total. The van der Waals surface area contributed by atoms with Gasteiger partial charge in [0.15, 0.2) is 6.29 Å². The Hall–Kier alpha value is -1.38. The van der Waals surface area contributed by atoms with Crippen LogP contribution in [0, 0.1) is 11.3 Å². The zero-order valence-electron chi connectivity index (χ0n) is 11.5. The summed E-state index contributed by atoms with van der Waals surface area (Å²) in [4.78, 5) is 17.6. The minimum atomic E-state index is 0.379. The van der Waals surface area contributed by atoms with Crippen LogP contribution >= 0.6 is 0 Å². The molecule has 0 spiro atoms.